The summed E-state index contributed by atoms with van der Waals surface area (Å²) in [7, 11) is 0. The van der Waals surface area contributed by atoms with Crippen LogP contribution in [0.15, 0.2) is 371 Å². The fourth-order valence-electron chi connectivity index (χ4n) is 16.1. The van der Waals surface area contributed by atoms with E-state index < -0.39 is 0 Å². The standard InChI is InChI=1S/C105H82N6OS2/c1-67-9-31-79(32-10-67)106(80-33-11-68(2)12-34-80)89-51-57-97-101(63-89)113-102-64-90(107(81-35-13-69(3)14-36-81)82-37-15-70(4)16-38-82)52-58-98(102)110(97)87-47-25-75(26-48-87)77-29-55-93-94-56-30-78(62-96(94)105(112)95(93)61-77)76-27-49-88(50-28-76)111-99-59-53-91(108(83-39-17-71(5)18-40-83)84-41-19-72(6)20-42-84)65-103(99)114-104-66-92(54-60-100(104)111)109(85-43-21-73(7)22-44-85)86-45-23-74(8)24-46-86/h9-66H,1-8H3. The summed E-state index contributed by atoms with van der Waals surface area (Å²) >= 11 is 3.62. The van der Waals surface area contributed by atoms with Crippen molar-refractivity contribution in [2.75, 3.05) is 29.4 Å². The Kier molecular flexibility index (Phi) is 18.3. The molecule has 16 aromatic carbocycles. The predicted octanol–water partition coefficient (Wildman–Crippen LogP) is 30.4. The Bertz CT molecular complexity index is 5500. The minimum atomic E-state index is 0.0331. The van der Waals surface area contributed by atoms with Gasteiger partial charge in [0.2, 0.25) is 0 Å². The smallest absolute Gasteiger partial charge is 0.194 e. The van der Waals surface area contributed by atoms with Gasteiger partial charge in [-0.25, -0.2) is 0 Å². The van der Waals surface area contributed by atoms with Crippen LogP contribution in [-0.2, 0) is 0 Å². The lowest BCUT2D eigenvalue weighted by Crippen LogP contribution is -2.17. The van der Waals surface area contributed by atoms with Crippen molar-refractivity contribution in [3.8, 4) is 33.4 Å². The van der Waals surface area contributed by atoms with Crippen LogP contribution in [0.3, 0.4) is 0 Å². The molecule has 0 radical (unpaired) electrons. The molecule has 550 valence electrons. The van der Waals surface area contributed by atoms with E-state index in [-0.39, 0.29) is 5.78 Å². The molecule has 1 aliphatic carbocycles. The maximum Gasteiger partial charge on any atom is 0.194 e. The minimum Gasteiger partial charge on any atom is -0.310 e. The van der Waals surface area contributed by atoms with Gasteiger partial charge in [0.05, 0.1) is 22.7 Å². The zero-order valence-corrected chi connectivity index (χ0v) is 66.5. The zero-order valence-electron chi connectivity index (χ0n) is 64.9. The Morgan fingerprint density at radius 1 is 0.193 bits per heavy atom. The van der Waals surface area contributed by atoms with E-state index in [1.54, 1.807) is 0 Å². The molecule has 7 nitrogen and oxygen atoms in total. The molecule has 3 aliphatic rings. The molecule has 114 heavy (non-hydrogen) atoms. The van der Waals surface area contributed by atoms with Crippen LogP contribution in [0.5, 0.6) is 0 Å². The van der Waals surface area contributed by atoms with Gasteiger partial charge in [-0.15, -0.1) is 0 Å². The maximum atomic E-state index is 15.0. The highest BCUT2D eigenvalue weighted by Crippen LogP contribution is 2.58. The van der Waals surface area contributed by atoms with Crippen LogP contribution in [0.1, 0.15) is 60.4 Å². The van der Waals surface area contributed by atoms with Crippen LogP contribution < -0.4 is 29.4 Å². The maximum absolute atomic E-state index is 15.0. The highest BCUT2D eigenvalue weighted by Gasteiger charge is 2.33. The van der Waals surface area contributed by atoms with Crippen LogP contribution in [0.4, 0.5) is 102 Å². The van der Waals surface area contributed by atoms with Gasteiger partial charge in [-0.05, 0) is 295 Å². The summed E-state index contributed by atoms with van der Waals surface area (Å²) in [5, 5.41) is 0. The van der Waals surface area contributed by atoms with Gasteiger partial charge >= 0.3 is 0 Å². The van der Waals surface area contributed by atoms with E-state index in [9.17, 15) is 0 Å². The second-order valence-electron chi connectivity index (χ2n) is 30.5. The minimum absolute atomic E-state index is 0.0331. The molecular weight excluding hydrogens is 1430 g/mol. The van der Waals surface area contributed by atoms with E-state index in [4.69, 9.17) is 0 Å². The van der Waals surface area contributed by atoms with E-state index in [1.807, 2.05) is 23.5 Å². The summed E-state index contributed by atoms with van der Waals surface area (Å²) < 4.78 is 0. The first-order valence-electron chi connectivity index (χ1n) is 38.9. The van der Waals surface area contributed by atoms with E-state index in [0.717, 1.165) is 155 Å². The molecule has 0 saturated carbocycles. The van der Waals surface area contributed by atoms with Crippen LogP contribution >= 0.6 is 23.5 Å². The quantitative estimate of drug-likeness (QED) is 0.0940. The summed E-state index contributed by atoms with van der Waals surface area (Å²) in [6, 6.07) is 129. The third-order valence-corrected chi connectivity index (χ3v) is 24.5. The van der Waals surface area contributed by atoms with Crippen LogP contribution in [-0.4, -0.2) is 5.78 Å². The van der Waals surface area contributed by atoms with Gasteiger partial charge in [0.15, 0.2) is 5.78 Å². The number of anilines is 18. The largest absolute Gasteiger partial charge is 0.310 e. The van der Waals surface area contributed by atoms with Crippen LogP contribution in [0, 0.1) is 55.4 Å². The van der Waals surface area contributed by atoms with E-state index in [1.165, 1.54) is 44.5 Å². The molecule has 0 saturated heterocycles. The summed E-state index contributed by atoms with van der Waals surface area (Å²) in [5.41, 5.74) is 36.5. The number of fused-ring (bicyclic) bond motifs is 7. The summed E-state index contributed by atoms with van der Waals surface area (Å²) in [6.45, 7) is 17.1. The highest BCUT2D eigenvalue weighted by atomic mass is 32.2. The summed E-state index contributed by atoms with van der Waals surface area (Å²) in [6.07, 6.45) is 0. The predicted molar refractivity (Wildman–Crippen MR) is 480 cm³/mol. The normalized spacial score (nSPS) is 12.3. The molecule has 2 heterocycles. The molecule has 0 unspecified atom stereocenters. The van der Waals surface area contributed by atoms with Crippen LogP contribution in [0.2, 0.25) is 0 Å². The van der Waals surface area contributed by atoms with Crippen LogP contribution in [0.25, 0.3) is 33.4 Å². The van der Waals surface area contributed by atoms with Crippen molar-refractivity contribution in [1.29, 1.82) is 0 Å². The molecule has 0 atom stereocenters. The third kappa shape index (κ3) is 13.4. The number of carbonyl (C=O) groups is 1. The fourth-order valence-corrected chi connectivity index (χ4v) is 18.3. The number of hydrogen-bond acceptors (Lipinski definition) is 9. The van der Waals surface area contributed by atoms with Crippen molar-refractivity contribution in [1.82, 2.24) is 0 Å². The lowest BCUT2D eigenvalue weighted by molar-refractivity contribution is 0.104. The molecule has 0 amide bonds. The van der Waals surface area contributed by atoms with Crippen molar-refractivity contribution in [3.05, 3.63) is 407 Å². The van der Waals surface area contributed by atoms with Crippen molar-refractivity contribution in [2.24, 2.45) is 0 Å². The van der Waals surface area contributed by atoms with Crippen molar-refractivity contribution < 1.29 is 4.79 Å². The van der Waals surface area contributed by atoms with Gasteiger partial charge in [-0.2, -0.15) is 0 Å². The number of rotatable bonds is 16. The van der Waals surface area contributed by atoms with Crippen molar-refractivity contribution in [2.45, 2.75) is 75.0 Å². The molecule has 0 spiro atoms. The molecule has 9 heteroatoms. The van der Waals surface area contributed by atoms with Gasteiger partial charge in [0, 0.05) is 110 Å². The number of benzene rings is 16. The monoisotopic (exact) mass is 1510 g/mol. The highest BCUT2D eigenvalue weighted by molar-refractivity contribution is 8.00. The van der Waals surface area contributed by atoms with Crippen molar-refractivity contribution >= 4 is 132 Å². The topological polar surface area (TPSA) is 36.5 Å². The molecule has 2 aliphatic heterocycles. The van der Waals surface area contributed by atoms with E-state index >= 15 is 4.79 Å². The Morgan fingerprint density at radius 3 is 0.596 bits per heavy atom. The second kappa shape index (κ2) is 29.4. The average Bonchev–Trinajstić information content (AvgIpc) is 1.72. The number of ketones is 1. The Morgan fingerprint density at radius 2 is 0.386 bits per heavy atom. The first-order valence-corrected chi connectivity index (χ1v) is 40.6. The van der Waals surface area contributed by atoms with Gasteiger partial charge in [-0.1, -0.05) is 214 Å². The third-order valence-electron chi connectivity index (χ3n) is 22.3. The molecule has 19 rings (SSSR count). The van der Waals surface area contributed by atoms with E-state index in [0.29, 0.717) is 11.1 Å². The molecule has 0 bridgehead atoms. The number of hydrogen-bond donors (Lipinski definition) is 0. The summed E-state index contributed by atoms with van der Waals surface area (Å²) in [4.78, 5) is 33.8. The number of aryl methyl sites for hydroxylation is 8. The first kappa shape index (κ1) is 71.0. The zero-order chi connectivity index (χ0) is 77.4. The Labute approximate surface area is 677 Å². The first-order chi connectivity index (χ1) is 55.6. The second-order valence-corrected chi connectivity index (χ2v) is 32.6. The molecule has 0 N–H and O–H groups in total. The van der Waals surface area contributed by atoms with Gasteiger partial charge < -0.3 is 29.4 Å². The van der Waals surface area contributed by atoms with Gasteiger partial charge in [0.25, 0.3) is 0 Å². The number of nitrogens with zero attached hydrogens (tertiary/aromatic N) is 6. The lowest BCUT2D eigenvalue weighted by Gasteiger charge is -2.35. The van der Waals surface area contributed by atoms with Gasteiger partial charge in [0.1, 0.15) is 0 Å². The summed E-state index contributed by atoms with van der Waals surface area (Å²) in [5.74, 6) is 0.0331. The number of carbonyl (C=O) groups excluding carboxylic acids is 1. The molecular formula is C105H82N6OS2. The fraction of sp³-hybridized carbons (Fsp3) is 0.0762. The van der Waals surface area contributed by atoms with E-state index in [2.05, 4.69) is 437 Å². The van der Waals surface area contributed by atoms with Crippen molar-refractivity contribution in [3.63, 3.8) is 0 Å². The average molecular weight is 1510 g/mol. The molecule has 16 aromatic rings. The SMILES string of the molecule is Cc1ccc(N(c2ccc(C)cc2)c2ccc3c(c2)Sc2cc(N(c4ccc(C)cc4)c4ccc(C)cc4)ccc2N3c2ccc(-c3ccc4c(c3)C(=O)c3cc(-c5ccc(N6c7ccc(N(c8ccc(C)cc8)c8ccc(C)cc8)cc7Sc7cc(N(c8ccc(C)cc8)c8ccc(C)cc8)ccc76)cc5)ccc3-4)cc2)cc1. The molecule has 0 fully saturated rings. The Balaban J connectivity index is 0.640. The molecule has 0 aromatic heterocycles. The van der Waals surface area contributed by atoms with Gasteiger partial charge in [-0.3, -0.25) is 4.79 Å². The lowest BCUT2D eigenvalue weighted by atomic mass is 9.97. The Hall–Kier alpha value is -13.3.